The number of hydrogen-bond donors (Lipinski definition) is 2. The number of pyridine rings is 1. The number of carboxylic acids is 1. The van der Waals surface area contributed by atoms with Crippen LogP contribution in [0.1, 0.15) is 18.0 Å². The van der Waals surface area contributed by atoms with Crippen LogP contribution in [-0.4, -0.2) is 20.5 Å². The van der Waals surface area contributed by atoms with Crippen molar-refractivity contribution in [2.75, 3.05) is 0 Å². The van der Waals surface area contributed by atoms with Gasteiger partial charge in [-0.2, -0.15) is 0 Å². The van der Waals surface area contributed by atoms with Gasteiger partial charge in [0.05, 0.1) is 12.6 Å². The molecule has 0 aliphatic heterocycles. The Morgan fingerprint density at radius 1 is 1.62 bits per heavy atom. The van der Waals surface area contributed by atoms with Gasteiger partial charge in [-0.05, 0) is 11.6 Å². The molecule has 3 N–H and O–H groups in total. The normalized spacial score (nSPS) is 12.9. The van der Waals surface area contributed by atoms with Gasteiger partial charge in [0.1, 0.15) is 10.8 Å². The summed E-state index contributed by atoms with van der Waals surface area (Å²) in [5.41, 5.74) is 7.17. The first kappa shape index (κ1) is 10.9. The Kier molecular flexibility index (Phi) is 2.80. The van der Waals surface area contributed by atoms with Crippen molar-refractivity contribution in [3.8, 4) is 0 Å². The summed E-state index contributed by atoms with van der Waals surface area (Å²) in [6, 6.07) is 2.97. The molecule has 1 unspecified atom stereocenters. The molecular weight excluding hydrogens is 230 g/mol. The van der Waals surface area contributed by atoms with E-state index in [1.807, 2.05) is 0 Å². The predicted octanol–water partition coefficient (Wildman–Crippen LogP) is 1.46. The van der Waals surface area contributed by atoms with Crippen molar-refractivity contribution in [3.05, 3.63) is 35.2 Å². The lowest BCUT2D eigenvalue weighted by Gasteiger charge is -2.09. The van der Waals surface area contributed by atoms with E-state index in [4.69, 9.17) is 22.4 Å². The van der Waals surface area contributed by atoms with Gasteiger partial charge >= 0.3 is 5.97 Å². The maximum Gasteiger partial charge on any atom is 0.305 e. The molecule has 0 aromatic carbocycles. The van der Waals surface area contributed by atoms with E-state index in [1.54, 1.807) is 22.7 Å². The Labute approximate surface area is 96.5 Å². The van der Waals surface area contributed by atoms with Crippen molar-refractivity contribution >= 4 is 23.2 Å². The third-order valence-electron chi connectivity index (χ3n) is 2.31. The molecule has 16 heavy (non-hydrogen) atoms. The van der Waals surface area contributed by atoms with E-state index in [2.05, 4.69) is 4.98 Å². The monoisotopic (exact) mass is 239 g/mol. The van der Waals surface area contributed by atoms with E-state index in [1.165, 1.54) is 6.20 Å². The standard InChI is InChI=1S/C10H10ClN3O2/c11-8-4-13-9-2-1-6(5-14(8)9)7(12)3-10(15)16/h1-2,4-5,7H,3,12H2,(H,15,16). The molecule has 1 atom stereocenters. The molecule has 0 saturated heterocycles. The molecule has 0 radical (unpaired) electrons. The largest absolute Gasteiger partial charge is 0.481 e. The van der Waals surface area contributed by atoms with Crippen LogP contribution in [-0.2, 0) is 4.79 Å². The summed E-state index contributed by atoms with van der Waals surface area (Å²) < 4.78 is 1.67. The molecule has 0 spiro atoms. The Balaban J connectivity index is 2.38. The van der Waals surface area contributed by atoms with Crippen LogP contribution in [0, 0.1) is 0 Å². The molecule has 0 aliphatic rings. The second-order valence-electron chi connectivity index (χ2n) is 3.48. The first-order valence-corrected chi connectivity index (χ1v) is 5.05. The third kappa shape index (κ3) is 2.00. The van der Waals surface area contributed by atoms with Crippen LogP contribution in [0.4, 0.5) is 0 Å². The van der Waals surface area contributed by atoms with Gasteiger partial charge in [0.2, 0.25) is 0 Å². The molecule has 2 aromatic heterocycles. The van der Waals surface area contributed by atoms with E-state index >= 15 is 0 Å². The van der Waals surface area contributed by atoms with Crippen LogP contribution in [0.3, 0.4) is 0 Å². The molecule has 0 amide bonds. The number of nitrogens with two attached hydrogens (primary N) is 1. The van der Waals surface area contributed by atoms with Gasteiger partial charge in [-0.15, -0.1) is 0 Å². The Morgan fingerprint density at radius 3 is 3.06 bits per heavy atom. The average Bonchev–Trinajstić information content (AvgIpc) is 2.59. The second-order valence-corrected chi connectivity index (χ2v) is 3.86. The first-order chi connectivity index (χ1) is 7.58. The van der Waals surface area contributed by atoms with Gasteiger partial charge in [0, 0.05) is 12.2 Å². The Bertz CT molecular complexity index is 538. The minimum atomic E-state index is -0.927. The number of aliphatic carboxylic acids is 1. The van der Waals surface area contributed by atoms with Gasteiger partial charge in [0.15, 0.2) is 0 Å². The highest BCUT2D eigenvalue weighted by atomic mass is 35.5. The number of imidazole rings is 1. The molecule has 5 nitrogen and oxygen atoms in total. The molecule has 2 heterocycles. The smallest absolute Gasteiger partial charge is 0.305 e. The number of fused-ring (bicyclic) bond motifs is 1. The highest BCUT2D eigenvalue weighted by Gasteiger charge is 2.12. The Morgan fingerprint density at radius 2 is 2.38 bits per heavy atom. The van der Waals surface area contributed by atoms with Crippen molar-refractivity contribution in [1.29, 1.82) is 0 Å². The third-order valence-corrected chi connectivity index (χ3v) is 2.59. The predicted molar refractivity (Wildman–Crippen MR) is 59.4 cm³/mol. The average molecular weight is 240 g/mol. The molecule has 0 bridgehead atoms. The molecular formula is C10H10ClN3O2. The van der Waals surface area contributed by atoms with E-state index < -0.39 is 12.0 Å². The van der Waals surface area contributed by atoms with Crippen molar-refractivity contribution in [3.63, 3.8) is 0 Å². The summed E-state index contributed by atoms with van der Waals surface area (Å²) >= 11 is 5.90. The molecule has 2 aromatic rings. The lowest BCUT2D eigenvalue weighted by Crippen LogP contribution is -2.15. The number of rotatable bonds is 3. The summed E-state index contributed by atoms with van der Waals surface area (Å²) in [5.74, 6) is -0.927. The van der Waals surface area contributed by atoms with E-state index in [0.29, 0.717) is 10.8 Å². The zero-order valence-corrected chi connectivity index (χ0v) is 9.05. The second kappa shape index (κ2) is 4.11. The summed E-state index contributed by atoms with van der Waals surface area (Å²) in [4.78, 5) is 14.6. The van der Waals surface area contributed by atoms with Crippen LogP contribution in [0.2, 0.25) is 5.15 Å². The van der Waals surface area contributed by atoms with Crippen LogP contribution in [0.25, 0.3) is 5.65 Å². The van der Waals surface area contributed by atoms with Gasteiger partial charge in [-0.1, -0.05) is 17.7 Å². The summed E-state index contributed by atoms with van der Waals surface area (Å²) in [5, 5.41) is 9.12. The summed E-state index contributed by atoms with van der Waals surface area (Å²) in [7, 11) is 0. The lowest BCUT2D eigenvalue weighted by atomic mass is 10.1. The number of carbonyl (C=O) groups is 1. The molecule has 0 fully saturated rings. The van der Waals surface area contributed by atoms with Gasteiger partial charge in [-0.3, -0.25) is 9.20 Å². The van der Waals surface area contributed by atoms with Crippen LogP contribution >= 0.6 is 11.6 Å². The fourth-order valence-electron chi connectivity index (χ4n) is 1.49. The molecule has 2 rings (SSSR count). The number of hydrogen-bond acceptors (Lipinski definition) is 3. The number of nitrogens with zero attached hydrogens (tertiary/aromatic N) is 2. The molecule has 84 valence electrons. The van der Waals surface area contributed by atoms with Crippen molar-refractivity contribution in [2.45, 2.75) is 12.5 Å². The van der Waals surface area contributed by atoms with Crippen molar-refractivity contribution in [1.82, 2.24) is 9.38 Å². The van der Waals surface area contributed by atoms with E-state index in [-0.39, 0.29) is 6.42 Å². The number of halogens is 1. The Hall–Kier alpha value is -1.59. The fourth-order valence-corrected chi connectivity index (χ4v) is 1.68. The quantitative estimate of drug-likeness (QED) is 0.850. The lowest BCUT2D eigenvalue weighted by molar-refractivity contribution is -0.137. The maximum absolute atomic E-state index is 10.5. The topological polar surface area (TPSA) is 80.6 Å². The molecule has 0 saturated carbocycles. The highest BCUT2D eigenvalue weighted by Crippen LogP contribution is 2.18. The minimum absolute atomic E-state index is 0.113. The zero-order valence-electron chi connectivity index (χ0n) is 8.30. The fraction of sp³-hybridized carbons (Fsp3) is 0.200. The summed E-state index contributed by atoms with van der Waals surface area (Å²) in [6.07, 6.45) is 3.12. The highest BCUT2D eigenvalue weighted by molar-refractivity contribution is 6.29. The van der Waals surface area contributed by atoms with Gasteiger partial charge in [-0.25, -0.2) is 4.98 Å². The van der Waals surface area contributed by atoms with Crippen molar-refractivity contribution < 1.29 is 9.90 Å². The first-order valence-electron chi connectivity index (χ1n) is 4.68. The summed E-state index contributed by atoms with van der Waals surface area (Å²) in [6.45, 7) is 0. The van der Waals surface area contributed by atoms with Gasteiger partial charge in [0.25, 0.3) is 0 Å². The minimum Gasteiger partial charge on any atom is -0.481 e. The maximum atomic E-state index is 10.5. The number of carboxylic acid groups (broad SMARTS) is 1. The van der Waals surface area contributed by atoms with E-state index in [0.717, 1.165) is 5.56 Å². The molecule has 6 heteroatoms. The van der Waals surface area contributed by atoms with Crippen LogP contribution < -0.4 is 5.73 Å². The zero-order chi connectivity index (χ0) is 11.7. The van der Waals surface area contributed by atoms with Crippen LogP contribution in [0.5, 0.6) is 0 Å². The SMILES string of the molecule is NC(CC(=O)O)c1ccc2ncc(Cl)n2c1. The number of aromatic nitrogens is 2. The molecule has 0 aliphatic carbocycles. The van der Waals surface area contributed by atoms with Crippen LogP contribution in [0.15, 0.2) is 24.5 Å². The van der Waals surface area contributed by atoms with Gasteiger partial charge < -0.3 is 10.8 Å². The van der Waals surface area contributed by atoms with Crippen molar-refractivity contribution in [2.24, 2.45) is 5.73 Å². The van der Waals surface area contributed by atoms with E-state index in [9.17, 15) is 4.79 Å².